The Kier molecular flexibility index (Phi) is 7.72. The summed E-state index contributed by atoms with van der Waals surface area (Å²) in [6.07, 6.45) is 0.282. The number of carbonyl (C=O) groups is 1. The normalized spacial score (nSPS) is 11.6. The fraction of sp³-hybridized carbons (Fsp3) is 0.364. The fourth-order valence-electron chi connectivity index (χ4n) is 1.38. The zero-order chi connectivity index (χ0) is 15.9. The van der Waals surface area contributed by atoms with Gasteiger partial charge >= 0.3 is 119 Å². The van der Waals surface area contributed by atoms with Crippen molar-refractivity contribution in [3.8, 4) is 0 Å². The van der Waals surface area contributed by atoms with Crippen LogP contribution < -0.4 is 9.67 Å². The molecule has 0 bridgehead atoms. The van der Waals surface area contributed by atoms with Crippen LogP contribution in [0.2, 0.25) is 0 Å². The number of hydrogen-bond donors (Lipinski definition) is 4. The summed E-state index contributed by atoms with van der Waals surface area (Å²) < 4.78 is 48.1. The standard InChI is InChI=1S/C11H16AsNO6S2/c14-11(8-20-6-1-7-21(17,18)19)13-10-4-2-9(3-5-10)12(15)16/h2-5,15-16H,1,6-8H2,(H,13,14)(H,17,18,19). The molecule has 0 saturated heterocycles. The molecule has 4 N–H and O–H groups in total. The summed E-state index contributed by atoms with van der Waals surface area (Å²) >= 11 is -1.61. The van der Waals surface area contributed by atoms with Crippen LogP contribution in [0.15, 0.2) is 24.3 Å². The van der Waals surface area contributed by atoms with Crippen molar-refractivity contribution in [3.05, 3.63) is 24.3 Å². The van der Waals surface area contributed by atoms with Gasteiger partial charge in [0.05, 0.1) is 0 Å². The van der Waals surface area contributed by atoms with E-state index in [1.165, 1.54) is 11.8 Å². The molecule has 0 fully saturated rings. The van der Waals surface area contributed by atoms with Crippen molar-refractivity contribution >= 4 is 53.2 Å². The van der Waals surface area contributed by atoms with E-state index in [9.17, 15) is 13.2 Å². The van der Waals surface area contributed by atoms with Gasteiger partial charge < -0.3 is 0 Å². The number of thioether (sulfide) groups is 1. The summed E-state index contributed by atoms with van der Waals surface area (Å²) in [4.78, 5) is 11.6. The monoisotopic (exact) mass is 397 g/mol. The van der Waals surface area contributed by atoms with Crippen molar-refractivity contribution in [1.82, 2.24) is 0 Å². The van der Waals surface area contributed by atoms with Crippen molar-refractivity contribution in [2.24, 2.45) is 0 Å². The fourth-order valence-corrected chi connectivity index (χ4v) is 3.70. The molecule has 21 heavy (non-hydrogen) atoms. The van der Waals surface area contributed by atoms with Gasteiger partial charge in [0.15, 0.2) is 0 Å². The van der Waals surface area contributed by atoms with Gasteiger partial charge in [0.25, 0.3) is 0 Å². The average Bonchev–Trinajstić information content (AvgIpc) is 2.37. The van der Waals surface area contributed by atoms with E-state index in [2.05, 4.69) is 5.32 Å². The van der Waals surface area contributed by atoms with Crippen LogP contribution >= 0.6 is 11.8 Å². The van der Waals surface area contributed by atoms with Crippen LogP contribution in [0.25, 0.3) is 0 Å². The molecule has 0 heterocycles. The molecule has 1 aromatic rings. The zero-order valence-electron chi connectivity index (χ0n) is 11.0. The number of rotatable bonds is 8. The SMILES string of the molecule is O=C(CSCCCS(=O)(=O)O)Nc1ccc([As](O)O)cc1. The number of amides is 1. The number of nitrogens with one attached hydrogen (secondary N) is 1. The molecule has 0 aliphatic rings. The minimum absolute atomic E-state index is 0.172. The van der Waals surface area contributed by atoms with Gasteiger partial charge in [-0.2, -0.15) is 8.42 Å². The van der Waals surface area contributed by atoms with Crippen molar-refractivity contribution in [1.29, 1.82) is 0 Å². The summed E-state index contributed by atoms with van der Waals surface area (Å²) in [5, 5.41) is 2.64. The minimum atomic E-state index is -3.94. The van der Waals surface area contributed by atoms with E-state index in [1.54, 1.807) is 24.3 Å². The first-order chi connectivity index (χ1) is 9.78. The molecule has 7 nitrogen and oxygen atoms in total. The van der Waals surface area contributed by atoms with Gasteiger partial charge in [-0.1, -0.05) is 0 Å². The molecule has 1 aromatic carbocycles. The van der Waals surface area contributed by atoms with E-state index in [4.69, 9.17) is 12.7 Å². The second-order valence-corrected chi connectivity index (χ2v) is 9.05. The summed E-state index contributed by atoms with van der Waals surface area (Å²) in [5.74, 6) is 0.0816. The molecule has 0 spiro atoms. The van der Waals surface area contributed by atoms with Gasteiger partial charge in [-0.3, -0.25) is 4.55 Å². The van der Waals surface area contributed by atoms with Crippen molar-refractivity contribution in [3.63, 3.8) is 0 Å². The first kappa shape index (κ1) is 18.5. The Balaban J connectivity index is 2.27. The van der Waals surface area contributed by atoms with Crippen molar-refractivity contribution in [2.45, 2.75) is 6.42 Å². The molecule has 1 rings (SSSR count). The molecular formula is C11H16AsNO6S2. The molecular weight excluding hydrogens is 381 g/mol. The Bertz CT molecular complexity index is 561. The third kappa shape index (κ3) is 8.45. The van der Waals surface area contributed by atoms with Gasteiger partial charge in [0.1, 0.15) is 0 Å². The van der Waals surface area contributed by atoms with Gasteiger partial charge in [-0.05, 0) is 0 Å². The van der Waals surface area contributed by atoms with E-state index >= 15 is 0 Å². The van der Waals surface area contributed by atoms with Crippen LogP contribution in [0.3, 0.4) is 0 Å². The first-order valence-electron chi connectivity index (χ1n) is 5.88. The molecule has 0 aliphatic heterocycles. The Hall–Kier alpha value is -0.572. The van der Waals surface area contributed by atoms with Crippen molar-refractivity contribution < 1.29 is 26.0 Å². The summed E-state index contributed by atoms with van der Waals surface area (Å²) in [6.45, 7) is 0. The van der Waals surface area contributed by atoms with Gasteiger partial charge in [-0.15, -0.1) is 0 Å². The van der Waals surface area contributed by atoms with E-state index in [1.807, 2.05) is 0 Å². The quantitative estimate of drug-likeness (QED) is 0.260. The van der Waals surface area contributed by atoms with Crippen LogP contribution in [0, 0.1) is 0 Å². The predicted molar refractivity (Wildman–Crippen MR) is 83.3 cm³/mol. The van der Waals surface area contributed by atoms with E-state index in [0.29, 0.717) is 15.8 Å². The second kappa shape index (κ2) is 8.77. The van der Waals surface area contributed by atoms with Gasteiger partial charge in [0.2, 0.25) is 0 Å². The van der Waals surface area contributed by atoms with Crippen LogP contribution in [-0.2, 0) is 14.9 Å². The number of hydrogen-bond acceptors (Lipinski definition) is 6. The third-order valence-electron chi connectivity index (χ3n) is 2.31. The molecule has 0 aliphatic carbocycles. The number of anilines is 1. The maximum atomic E-state index is 11.6. The predicted octanol–water partition coefficient (Wildman–Crippen LogP) is -0.684. The van der Waals surface area contributed by atoms with Crippen molar-refractivity contribution in [2.75, 3.05) is 22.6 Å². The summed E-state index contributed by atoms with van der Waals surface area (Å²) in [7, 11) is -3.94. The van der Waals surface area contributed by atoms with E-state index < -0.39 is 25.5 Å². The zero-order valence-corrected chi connectivity index (χ0v) is 14.5. The van der Waals surface area contributed by atoms with E-state index in [0.717, 1.165) is 0 Å². The molecule has 0 atom stereocenters. The molecule has 0 saturated carbocycles. The summed E-state index contributed by atoms with van der Waals surface area (Å²) in [5.41, 5.74) is 0.554. The molecule has 10 heteroatoms. The Labute approximate surface area is 132 Å². The molecule has 0 radical (unpaired) electrons. The topological polar surface area (TPSA) is 124 Å². The molecule has 0 aromatic heterocycles. The molecule has 0 unspecified atom stereocenters. The van der Waals surface area contributed by atoms with Gasteiger partial charge in [0, 0.05) is 0 Å². The van der Waals surface area contributed by atoms with E-state index in [-0.39, 0.29) is 23.8 Å². The van der Waals surface area contributed by atoms with Crippen LogP contribution in [0.1, 0.15) is 6.42 Å². The molecule has 1 amide bonds. The Morgan fingerprint density at radius 2 is 1.86 bits per heavy atom. The second-order valence-electron chi connectivity index (χ2n) is 4.08. The first-order valence-corrected chi connectivity index (χ1v) is 11.3. The van der Waals surface area contributed by atoms with Crippen LogP contribution in [0.4, 0.5) is 5.69 Å². The number of carbonyl (C=O) groups excluding carboxylic acids is 1. The molecule has 118 valence electrons. The average molecular weight is 397 g/mol. The third-order valence-corrected chi connectivity index (χ3v) is 5.75. The Morgan fingerprint density at radius 3 is 2.38 bits per heavy atom. The van der Waals surface area contributed by atoms with Crippen LogP contribution in [-0.4, -0.2) is 59.7 Å². The maximum absolute atomic E-state index is 11.6. The Morgan fingerprint density at radius 1 is 1.24 bits per heavy atom. The van der Waals surface area contributed by atoms with Gasteiger partial charge in [-0.25, -0.2) is 0 Å². The van der Waals surface area contributed by atoms with Crippen LogP contribution in [0.5, 0.6) is 0 Å². The number of benzene rings is 1. The summed E-state index contributed by atoms with van der Waals surface area (Å²) in [6, 6.07) is 6.28.